The zero-order chi connectivity index (χ0) is 20.0. The second-order valence-corrected chi connectivity index (χ2v) is 6.93. The van der Waals surface area contributed by atoms with E-state index in [9.17, 15) is 4.79 Å². The lowest BCUT2D eigenvalue weighted by Gasteiger charge is -2.21. The number of nitrogens with one attached hydrogen (secondary N) is 3. The Labute approximate surface area is 167 Å². The molecule has 1 amide bonds. The van der Waals surface area contributed by atoms with Crippen LogP contribution in [0.2, 0.25) is 0 Å². The summed E-state index contributed by atoms with van der Waals surface area (Å²) in [7, 11) is 1.72. The number of carbonyl (C=O) groups is 1. The van der Waals surface area contributed by atoms with Crippen molar-refractivity contribution in [2.45, 2.75) is 32.6 Å². The molecule has 3 N–H and O–H groups in total. The molecule has 1 aliphatic rings. The SMILES string of the molecule is CN=C(NCCCOCC1CCOCC1)NCCC(=O)Nc1ccc(C)cn1. The highest BCUT2D eigenvalue weighted by Gasteiger charge is 2.13. The number of hydrogen-bond donors (Lipinski definition) is 3. The number of rotatable bonds is 10. The van der Waals surface area contributed by atoms with Crippen molar-refractivity contribution in [2.24, 2.45) is 10.9 Å². The predicted octanol–water partition coefficient (Wildman–Crippen LogP) is 1.72. The second-order valence-electron chi connectivity index (χ2n) is 6.93. The molecular weight excluding hydrogens is 358 g/mol. The van der Waals surface area contributed by atoms with E-state index in [0.717, 1.165) is 57.8 Å². The lowest BCUT2D eigenvalue weighted by molar-refractivity contribution is -0.116. The molecule has 0 aromatic carbocycles. The van der Waals surface area contributed by atoms with Gasteiger partial charge in [0.15, 0.2) is 5.96 Å². The number of carbonyl (C=O) groups excluding carboxylic acids is 1. The number of aliphatic imine (C=N–C) groups is 1. The summed E-state index contributed by atoms with van der Waals surface area (Å²) in [5, 5.41) is 9.15. The van der Waals surface area contributed by atoms with Crippen molar-refractivity contribution in [1.29, 1.82) is 0 Å². The van der Waals surface area contributed by atoms with Crippen molar-refractivity contribution in [3.05, 3.63) is 23.9 Å². The van der Waals surface area contributed by atoms with Crippen molar-refractivity contribution in [3.63, 3.8) is 0 Å². The van der Waals surface area contributed by atoms with Crippen molar-refractivity contribution in [3.8, 4) is 0 Å². The van der Waals surface area contributed by atoms with E-state index in [1.165, 1.54) is 0 Å². The van der Waals surface area contributed by atoms with E-state index < -0.39 is 0 Å². The van der Waals surface area contributed by atoms with Crippen LogP contribution in [0.15, 0.2) is 23.3 Å². The molecule has 8 heteroatoms. The van der Waals surface area contributed by atoms with Crippen LogP contribution in [0.25, 0.3) is 0 Å². The van der Waals surface area contributed by atoms with Gasteiger partial charge in [0.25, 0.3) is 0 Å². The minimum absolute atomic E-state index is 0.0826. The zero-order valence-corrected chi connectivity index (χ0v) is 17.0. The van der Waals surface area contributed by atoms with E-state index in [2.05, 4.69) is 25.9 Å². The lowest BCUT2D eigenvalue weighted by Crippen LogP contribution is -2.39. The van der Waals surface area contributed by atoms with Crippen LogP contribution < -0.4 is 16.0 Å². The Hall–Kier alpha value is -2.19. The molecule has 1 aromatic rings. The normalized spacial score (nSPS) is 15.3. The van der Waals surface area contributed by atoms with Gasteiger partial charge in [-0.1, -0.05) is 6.07 Å². The molecule has 8 nitrogen and oxygen atoms in total. The molecule has 0 radical (unpaired) electrons. The third-order valence-electron chi connectivity index (χ3n) is 4.50. The molecule has 28 heavy (non-hydrogen) atoms. The molecule has 2 rings (SSSR count). The van der Waals surface area contributed by atoms with E-state index in [-0.39, 0.29) is 5.91 Å². The summed E-state index contributed by atoms with van der Waals surface area (Å²) < 4.78 is 11.1. The van der Waals surface area contributed by atoms with Crippen LogP contribution in [-0.4, -0.2) is 63.4 Å². The van der Waals surface area contributed by atoms with Crippen LogP contribution in [-0.2, 0) is 14.3 Å². The molecule has 1 aromatic heterocycles. The zero-order valence-electron chi connectivity index (χ0n) is 17.0. The van der Waals surface area contributed by atoms with Gasteiger partial charge in [-0.3, -0.25) is 9.79 Å². The number of hydrogen-bond acceptors (Lipinski definition) is 5. The van der Waals surface area contributed by atoms with Crippen LogP contribution in [0.4, 0.5) is 5.82 Å². The quantitative estimate of drug-likeness (QED) is 0.319. The topological polar surface area (TPSA) is 96.9 Å². The molecule has 156 valence electrons. The highest BCUT2D eigenvalue weighted by molar-refractivity contribution is 5.90. The summed E-state index contributed by atoms with van der Waals surface area (Å²) in [6.07, 6.45) is 5.17. The fourth-order valence-corrected chi connectivity index (χ4v) is 2.81. The lowest BCUT2D eigenvalue weighted by atomic mass is 10.0. The van der Waals surface area contributed by atoms with Crippen LogP contribution in [0.5, 0.6) is 0 Å². The Morgan fingerprint density at radius 2 is 2.07 bits per heavy atom. The van der Waals surface area contributed by atoms with Gasteiger partial charge in [0.1, 0.15) is 5.82 Å². The molecule has 0 spiro atoms. The Kier molecular flexibility index (Phi) is 10.3. The molecule has 0 bridgehead atoms. The summed E-state index contributed by atoms with van der Waals surface area (Å²) in [4.78, 5) is 20.3. The maximum atomic E-state index is 12.0. The van der Waals surface area contributed by atoms with Crippen LogP contribution in [0.3, 0.4) is 0 Å². The highest BCUT2D eigenvalue weighted by Crippen LogP contribution is 2.14. The van der Waals surface area contributed by atoms with Gasteiger partial charge in [-0.05, 0) is 43.7 Å². The largest absolute Gasteiger partial charge is 0.381 e. The van der Waals surface area contributed by atoms with Crippen LogP contribution in [0.1, 0.15) is 31.2 Å². The minimum atomic E-state index is -0.0826. The fraction of sp³-hybridized carbons (Fsp3) is 0.650. The maximum absolute atomic E-state index is 12.0. The third kappa shape index (κ3) is 9.14. The van der Waals surface area contributed by atoms with Crippen molar-refractivity contribution < 1.29 is 14.3 Å². The molecular formula is C20H33N5O3. The predicted molar refractivity (Wildman–Crippen MR) is 111 cm³/mol. The summed E-state index contributed by atoms with van der Waals surface area (Å²) in [6.45, 7) is 6.49. The first-order valence-electron chi connectivity index (χ1n) is 10.00. The third-order valence-corrected chi connectivity index (χ3v) is 4.50. The average molecular weight is 392 g/mol. The molecule has 1 aliphatic heterocycles. The van der Waals surface area contributed by atoms with Gasteiger partial charge in [0.2, 0.25) is 5.91 Å². The summed E-state index contributed by atoms with van der Waals surface area (Å²) >= 11 is 0. The smallest absolute Gasteiger partial charge is 0.227 e. The van der Waals surface area contributed by atoms with E-state index in [1.54, 1.807) is 19.3 Å². The molecule has 0 unspecified atom stereocenters. The standard InChI is InChI=1S/C20H33N5O3/c1-16-4-5-18(24-14-16)25-19(26)6-10-23-20(21-2)22-9-3-11-28-15-17-7-12-27-13-8-17/h4-5,14,17H,3,6-13,15H2,1-2H3,(H2,21,22,23)(H,24,25,26). The summed E-state index contributed by atoms with van der Waals surface area (Å²) in [6, 6.07) is 3.71. The Morgan fingerprint density at radius 1 is 1.29 bits per heavy atom. The van der Waals surface area contributed by atoms with Gasteiger partial charge in [-0.15, -0.1) is 0 Å². The van der Waals surface area contributed by atoms with Gasteiger partial charge in [-0.25, -0.2) is 4.98 Å². The van der Waals surface area contributed by atoms with Crippen molar-refractivity contribution in [1.82, 2.24) is 15.6 Å². The maximum Gasteiger partial charge on any atom is 0.227 e. The molecule has 0 aliphatic carbocycles. The van der Waals surface area contributed by atoms with Gasteiger partial charge in [0.05, 0.1) is 0 Å². The average Bonchev–Trinajstić information content (AvgIpc) is 2.71. The fourth-order valence-electron chi connectivity index (χ4n) is 2.81. The van der Waals surface area contributed by atoms with E-state index in [0.29, 0.717) is 30.7 Å². The number of aryl methyl sites for hydroxylation is 1. The highest BCUT2D eigenvalue weighted by atomic mass is 16.5. The van der Waals surface area contributed by atoms with E-state index >= 15 is 0 Å². The number of guanidine groups is 1. The first kappa shape index (κ1) is 22.1. The number of amides is 1. The molecule has 1 saturated heterocycles. The molecule has 0 saturated carbocycles. The van der Waals surface area contributed by atoms with E-state index in [4.69, 9.17) is 9.47 Å². The van der Waals surface area contributed by atoms with Gasteiger partial charge in [-0.2, -0.15) is 0 Å². The molecule has 1 fully saturated rings. The number of ether oxygens (including phenoxy) is 2. The number of pyridine rings is 1. The first-order valence-corrected chi connectivity index (χ1v) is 10.00. The van der Waals surface area contributed by atoms with Crippen LogP contribution >= 0.6 is 0 Å². The van der Waals surface area contributed by atoms with Crippen molar-refractivity contribution >= 4 is 17.7 Å². The number of nitrogens with zero attached hydrogens (tertiary/aromatic N) is 2. The first-order chi connectivity index (χ1) is 13.7. The van der Waals surface area contributed by atoms with E-state index in [1.807, 2.05) is 13.0 Å². The Bertz CT molecular complexity index is 600. The minimum Gasteiger partial charge on any atom is -0.381 e. The van der Waals surface area contributed by atoms with Gasteiger partial charge >= 0.3 is 0 Å². The second kappa shape index (κ2) is 13.1. The number of aromatic nitrogens is 1. The molecule has 2 heterocycles. The number of anilines is 1. The Morgan fingerprint density at radius 3 is 2.79 bits per heavy atom. The Balaban J connectivity index is 1.49. The van der Waals surface area contributed by atoms with Gasteiger partial charge in [0, 0.05) is 59.2 Å². The van der Waals surface area contributed by atoms with Crippen LogP contribution in [0, 0.1) is 12.8 Å². The van der Waals surface area contributed by atoms with Crippen molar-refractivity contribution in [2.75, 3.05) is 51.9 Å². The summed E-state index contributed by atoms with van der Waals surface area (Å²) in [5.41, 5.74) is 1.06. The van der Waals surface area contributed by atoms with Gasteiger partial charge < -0.3 is 25.4 Å². The molecule has 0 atom stereocenters. The summed E-state index contributed by atoms with van der Waals surface area (Å²) in [5.74, 6) is 1.81. The monoisotopic (exact) mass is 391 g/mol.